The van der Waals surface area contributed by atoms with Gasteiger partial charge in [-0.2, -0.15) is 0 Å². The van der Waals surface area contributed by atoms with E-state index in [1.165, 1.54) is 0 Å². The second kappa shape index (κ2) is 1.51. The molecule has 1 rings (SSSR count). The van der Waals surface area contributed by atoms with Crippen LogP contribution in [0.4, 0.5) is 0 Å². The summed E-state index contributed by atoms with van der Waals surface area (Å²) in [6, 6.07) is 0. The topological polar surface area (TPSA) is 0 Å². The highest BCUT2D eigenvalue weighted by molar-refractivity contribution is 8.61. The lowest BCUT2D eigenvalue weighted by molar-refractivity contribution is 0.652. The summed E-state index contributed by atoms with van der Waals surface area (Å²) >= 11 is 10.6. The van der Waals surface area contributed by atoms with Gasteiger partial charge in [0.2, 0.25) is 0 Å². The lowest BCUT2D eigenvalue weighted by Crippen LogP contribution is -2.10. The third-order valence-corrected chi connectivity index (χ3v) is 11.3. The van der Waals surface area contributed by atoms with Crippen molar-refractivity contribution >= 4 is 29.5 Å². The molecule has 0 amide bonds. The van der Waals surface area contributed by atoms with Crippen LogP contribution in [0.5, 0.6) is 0 Å². The van der Waals surface area contributed by atoms with E-state index in [-0.39, 0.29) is 9.49 Å². The van der Waals surface area contributed by atoms with Gasteiger partial charge in [-0.05, 0) is 50.1 Å². The molecule has 0 spiro atoms. The van der Waals surface area contributed by atoms with E-state index in [1.54, 1.807) is 0 Å². The zero-order valence-corrected chi connectivity index (χ0v) is 8.67. The van der Waals surface area contributed by atoms with Crippen molar-refractivity contribution in [3.05, 3.63) is 0 Å². The van der Waals surface area contributed by atoms with Crippen molar-refractivity contribution in [3.8, 4) is 0 Å². The Morgan fingerprint density at radius 3 is 1.00 bits per heavy atom. The van der Waals surface area contributed by atoms with Gasteiger partial charge in [-0.3, -0.25) is 0 Å². The Balaban J connectivity index is 3.22. The van der Waals surface area contributed by atoms with Gasteiger partial charge in [0.25, 0.3) is 0 Å². The van der Waals surface area contributed by atoms with Gasteiger partial charge in [0, 0.05) is 9.49 Å². The molecule has 0 bridgehead atoms. The van der Waals surface area contributed by atoms with Crippen LogP contribution in [0.15, 0.2) is 0 Å². The van der Waals surface area contributed by atoms with Crippen LogP contribution in [0.1, 0.15) is 27.7 Å². The third-order valence-electron chi connectivity index (χ3n) is 2.75. The zero-order chi connectivity index (χ0) is 7.50. The predicted molar refractivity (Wildman–Crippen MR) is 50.3 cm³/mol. The lowest BCUT2D eigenvalue weighted by atomic mass is 10.0. The van der Waals surface area contributed by atoms with E-state index in [9.17, 15) is 0 Å². The summed E-state index contributed by atoms with van der Waals surface area (Å²) in [6.45, 7) is 8.73. The van der Waals surface area contributed by atoms with Gasteiger partial charge in [0.05, 0.1) is 0 Å². The first-order valence-electron chi connectivity index (χ1n) is 2.99. The molecule has 1 aliphatic rings. The molecule has 0 radical (unpaired) electrons. The maximum atomic E-state index is 5.31. The predicted octanol–water partition coefficient (Wildman–Crippen LogP) is 1.64. The van der Waals surface area contributed by atoms with E-state index in [2.05, 4.69) is 27.7 Å². The molecule has 1 aliphatic heterocycles. The number of rotatable bonds is 0. The largest absolute Gasteiger partial charge is 0.0762 e. The van der Waals surface area contributed by atoms with Crippen LogP contribution in [0, 0.1) is 0 Å². The smallest absolute Gasteiger partial charge is 0.0344 e. The van der Waals surface area contributed by atoms with Crippen LogP contribution < -0.4 is 0 Å². The van der Waals surface area contributed by atoms with Crippen molar-refractivity contribution in [1.82, 2.24) is 0 Å². The standard InChI is InChI=1S/C6H12S3/c1-5(2)6(3,4)9(5,7)8/h1-4H3. The summed E-state index contributed by atoms with van der Waals surface area (Å²) < 4.78 is 0.509. The van der Waals surface area contributed by atoms with E-state index in [1.807, 2.05) is 0 Å². The maximum absolute atomic E-state index is 5.31. The van der Waals surface area contributed by atoms with E-state index in [0.29, 0.717) is 0 Å². The van der Waals surface area contributed by atoms with Crippen LogP contribution >= 0.6 is 0 Å². The highest BCUT2D eigenvalue weighted by Gasteiger charge is 2.64. The van der Waals surface area contributed by atoms with Gasteiger partial charge in [-0.1, -0.05) is 7.15 Å². The summed E-state index contributed by atoms with van der Waals surface area (Å²) in [4.78, 5) is 0. The van der Waals surface area contributed by atoms with Gasteiger partial charge in [-0.15, -0.1) is 0 Å². The average Bonchev–Trinajstić information content (AvgIpc) is 1.84. The van der Waals surface area contributed by atoms with Crippen LogP contribution in [-0.2, 0) is 29.5 Å². The Kier molecular flexibility index (Phi) is 1.32. The van der Waals surface area contributed by atoms with Gasteiger partial charge in [-0.25, -0.2) is 0 Å². The molecule has 0 aromatic carbocycles. The molecule has 0 nitrogen and oxygen atoms in total. The Bertz CT molecular complexity index is 211. The second-order valence-electron chi connectivity index (χ2n) is 3.52. The van der Waals surface area contributed by atoms with Crippen molar-refractivity contribution in [2.75, 3.05) is 0 Å². The van der Waals surface area contributed by atoms with Crippen molar-refractivity contribution < 1.29 is 0 Å². The summed E-state index contributed by atoms with van der Waals surface area (Å²) in [6.07, 6.45) is 0. The highest BCUT2D eigenvalue weighted by atomic mass is 33.1. The molecule has 54 valence electrons. The number of hydrogen-bond donors (Lipinski definition) is 0. The van der Waals surface area contributed by atoms with Crippen molar-refractivity contribution in [2.24, 2.45) is 0 Å². The minimum Gasteiger partial charge on any atom is -0.0762 e. The fourth-order valence-electron chi connectivity index (χ4n) is 0.980. The molecule has 0 unspecified atom stereocenters. The Labute approximate surface area is 66.8 Å². The van der Waals surface area contributed by atoms with E-state index >= 15 is 0 Å². The molecule has 0 aromatic rings. The van der Waals surface area contributed by atoms with Gasteiger partial charge in [0.15, 0.2) is 0 Å². The summed E-state index contributed by atoms with van der Waals surface area (Å²) in [5.74, 6) is 0. The quantitative estimate of drug-likeness (QED) is 0.520. The lowest BCUT2D eigenvalue weighted by Gasteiger charge is -1.99. The summed E-state index contributed by atoms with van der Waals surface area (Å²) in [5.41, 5.74) is 0. The monoisotopic (exact) mass is 180 g/mol. The van der Waals surface area contributed by atoms with Gasteiger partial charge < -0.3 is 0 Å². The molecule has 3 heteroatoms. The molecule has 0 atom stereocenters. The van der Waals surface area contributed by atoms with E-state index in [4.69, 9.17) is 22.4 Å². The molecule has 0 saturated carbocycles. The van der Waals surface area contributed by atoms with Crippen molar-refractivity contribution in [1.29, 1.82) is 0 Å². The molecule has 0 aliphatic carbocycles. The first kappa shape index (κ1) is 7.89. The highest BCUT2D eigenvalue weighted by Crippen LogP contribution is 2.55. The first-order chi connectivity index (χ1) is 3.75. The van der Waals surface area contributed by atoms with Crippen LogP contribution in [0.25, 0.3) is 0 Å². The molecular weight excluding hydrogens is 168 g/mol. The fraction of sp³-hybridized carbons (Fsp3) is 1.00. The summed E-state index contributed by atoms with van der Waals surface area (Å²) in [7, 11) is -1.11. The summed E-state index contributed by atoms with van der Waals surface area (Å²) in [5, 5.41) is 0. The third kappa shape index (κ3) is 0.609. The SMILES string of the molecule is CC1(C)C(C)(C)S1(=S)=S. The molecule has 9 heavy (non-hydrogen) atoms. The second-order valence-corrected chi connectivity index (χ2v) is 10.2. The Morgan fingerprint density at radius 1 is 0.889 bits per heavy atom. The molecule has 1 heterocycles. The molecular formula is C6H12S3. The number of hydrogen-bond acceptors (Lipinski definition) is 2. The molecule has 1 fully saturated rings. The van der Waals surface area contributed by atoms with Crippen molar-refractivity contribution in [2.45, 2.75) is 37.2 Å². The average molecular weight is 180 g/mol. The maximum Gasteiger partial charge on any atom is 0.0344 e. The van der Waals surface area contributed by atoms with Crippen molar-refractivity contribution in [3.63, 3.8) is 0 Å². The first-order valence-corrected chi connectivity index (χ1v) is 6.47. The molecule has 0 aromatic heterocycles. The van der Waals surface area contributed by atoms with Crippen LogP contribution in [-0.4, -0.2) is 9.49 Å². The zero-order valence-electron chi connectivity index (χ0n) is 6.22. The normalized spacial score (nSPS) is 33.8. The van der Waals surface area contributed by atoms with E-state index in [0.717, 1.165) is 0 Å². The molecule has 1 saturated heterocycles. The van der Waals surface area contributed by atoms with Crippen LogP contribution in [0.3, 0.4) is 0 Å². The van der Waals surface area contributed by atoms with E-state index < -0.39 is 7.15 Å². The van der Waals surface area contributed by atoms with Gasteiger partial charge >= 0.3 is 0 Å². The molecule has 0 N–H and O–H groups in total. The Hall–Kier alpha value is 0.790. The fourth-order valence-corrected chi connectivity index (χ4v) is 5.76. The van der Waals surface area contributed by atoms with Crippen LogP contribution in [0.2, 0.25) is 0 Å². The minimum atomic E-state index is -1.11. The minimum absolute atomic E-state index is 0.255. The van der Waals surface area contributed by atoms with Gasteiger partial charge in [0.1, 0.15) is 0 Å². The Morgan fingerprint density at radius 2 is 1.00 bits per heavy atom.